The van der Waals surface area contributed by atoms with Crippen LogP contribution in [-0.4, -0.2) is 42.8 Å². The van der Waals surface area contributed by atoms with E-state index in [0.717, 1.165) is 0 Å². The van der Waals surface area contributed by atoms with Crippen molar-refractivity contribution in [3.05, 3.63) is 0 Å². The summed E-state index contributed by atoms with van der Waals surface area (Å²) in [7, 11) is -4.22. The number of nitrogens with zero attached hydrogens (tertiary/aromatic N) is 2. The van der Waals surface area contributed by atoms with Gasteiger partial charge in [0.1, 0.15) is 0 Å². The van der Waals surface area contributed by atoms with Crippen molar-refractivity contribution in [3.63, 3.8) is 0 Å². The van der Waals surface area contributed by atoms with Gasteiger partial charge in [-0.25, -0.2) is 14.5 Å². The molecule has 0 saturated carbocycles. The molecule has 0 spiro atoms. The summed E-state index contributed by atoms with van der Waals surface area (Å²) in [5.41, 5.74) is 0. The highest BCUT2D eigenvalue weighted by Crippen LogP contribution is 2.16. The maximum atomic E-state index is 11.4. The highest BCUT2D eigenvalue weighted by atomic mass is 32.2. The van der Waals surface area contributed by atoms with Crippen LogP contribution < -0.4 is 0 Å². The van der Waals surface area contributed by atoms with Gasteiger partial charge in [0.05, 0.1) is 0 Å². The summed E-state index contributed by atoms with van der Waals surface area (Å²) in [4.78, 5) is 23.1. The first-order valence-corrected chi connectivity index (χ1v) is 5.38. The molecule has 0 N–H and O–H groups in total. The Morgan fingerprint density at radius 1 is 1.21 bits per heavy atom. The molecule has 1 saturated heterocycles. The standard InChI is InChI=1S/C6H10N2O5S/c1-3-7-5(9)8(4-2)14(11,12)13-6(7)10/h3-4H2,1-2H3. The van der Waals surface area contributed by atoms with E-state index in [1.54, 1.807) is 6.92 Å². The second kappa shape index (κ2) is 3.45. The molecule has 3 amide bonds. The minimum atomic E-state index is -4.22. The average molecular weight is 222 g/mol. The van der Waals surface area contributed by atoms with E-state index in [2.05, 4.69) is 4.18 Å². The van der Waals surface area contributed by atoms with Crippen LogP contribution in [0.3, 0.4) is 0 Å². The minimum absolute atomic E-state index is 0.0645. The van der Waals surface area contributed by atoms with Gasteiger partial charge in [0.25, 0.3) is 0 Å². The lowest BCUT2D eigenvalue weighted by molar-refractivity contribution is 0.130. The van der Waals surface area contributed by atoms with E-state index in [4.69, 9.17) is 0 Å². The SMILES string of the molecule is CCN1C(=O)OS(=O)(=O)N(CC)C1=O. The highest BCUT2D eigenvalue weighted by molar-refractivity contribution is 7.85. The molecule has 0 atom stereocenters. The molecule has 1 heterocycles. The van der Waals surface area contributed by atoms with Crippen molar-refractivity contribution in [2.24, 2.45) is 0 Å². The number of imide groups is 1. The quantitative estimate of drug-likeness (QED) is 0.663. The first-order chi connectivity index (χ1) is 6.44. The van der Waals surface area contributed by atoms with Crippen LogP contribution in [0, 0.1) is 0 Å². The highest BCUT2D eigenvalue weighted by Gasteiger charge is 2.42. The van der Waals surface area contributed by atoms with Crippen LogP contribution in [0.2, 0.25) is 0 Å². The monoisotopic (exact) mass is 222 g/mol. The van der Waals surface area contributed by atoms with Gasteiger partial charge in [-0.1, -0.05) is 0 Å². The molecule has 14 heavy (non-hydrogen) atoms. The fourth-order valence-corrected chi connectivity index (χ4v) is 2.01. The predicted molar refractivity (Wildman–Crippen MR) is 45.6 cm³/mol. The van der Waals surface area contributed by atoms with Gasteiger partial charge in [-0.3, -0.25) is 0 Å². The third kappa shape index (κ3) is 1.52. The first kappa shape index (κ1) is 10.8. The fourth-order valence-electron chi connectivity index (χ4n) is 1.05. The van der Waals surface area contributed by atoms with Crippen LogP contribution in [0.25, 0.3) is 0 Å². The van der Waals surface area contributed by atoms with Gasteiger partial charge in [-0.15, -0.1) is 0 Å². The van der Waals surface area contributed by atoms with Gasteiger partial charge >= 0.3 is 22.4 Å². The van der Waals surface area contributed by atoms with Gasteiger partial charge < -0.3 is 4.18 Å². The van der Waals surface area contributed by atoms with E-state index in [-0.39, 0.29) is 13.1 Å². The van der Waals surface area contributed by atoms with Crippen LogP contribution in [0.1, 0.15) is 13.8 Å². The molecule has 0 aromatic carbocycles. The van der Waals surface area contributed by atoms with Crippen molar-refractivity contribution in [1.29, 1.82) is 0 Å². The van der Waals surface area contributed by atoms with Crippen molar-refractivity contribution >= 4 is 22.4 Å². The average Bonchev–Trinajstić information content (AvgIpc) is 2.02. The lowest BCUT2D eigenvalue weighted by Gasteiger charge is -2.30. The number of carbonyl (C=O) groups is 2. The molecular weight excluding hydrogens is 212 g/mol. The Balaban J connectivity index is 3.08. The molecule has 1 aliphatic rings. The third-order valence-corrected chi connectivity index (χ3v) is 3.02. The van der Waals surface area contributed by atoms with E-state index in [1.165, 1.54) is 6.92 Å². The molecule has 0 unspecified atom stereocenters. The number of urea groups is 1. The van der Waals surface area contributed by atoms with Gasteiger partial charge in [0, 0.05) is 13.1 Å². The zero-order valence-electron chi connectivity index (χ0n) is 7.76. The van der Waals surface area contributed by atoms with Crippen molar-refractivity contribution in [2.75, 3.05) is 13.1 Å². The molecule has 80 valence electrons. The Morgan fingerprint density at radius 2 is 1.79 bits per heavy atom. The van der Waals surface area contributed by atoms with Gasteiger partial charge in [0.15, 0.2) is 0 Å². The topological polar surface area (TPSA) is 84.0 Å². The van der Waals surface area contributed by atoms with Crippen molar-refractivity contribution in [1.82, 2.24) is 9.21 Å². The Morgan fingerprint density at radius 3 is 2.21 bits per heavy atom. The van der Waals surface area contributed by atoms with E-state index < -0.39 is 22.4 Å². The van der Waals surface area contributed by atoms with E-state index in [1.807, 2.05) is 0 Å². The zero-order chi connectivity index (χ0) is 10.9. The molecule has 0 aromatic rings. The second-order valence-corrected chi connectivity index (χ2v) is 3.96. The fraction of sp³-hybridized carbons (Fsp3) is 0.667. The molecule has 0 aromatic heterocycles. The van der Waals surface area contributed by atoms with Gasteiger partial charge in [0.2, 0.25) is 0 Å². The molecule has 0 radical (unpaired) electrons. The number of rotatable bonds is 2. The largest absolute Gasteiger partial charge is 0.434 e. The summed E-state index contributed by atoms with van der Waals surface area (Å²) in [6, 6.07) is -0.869. The maximum Gasteiger partial charge on any atom is 0.434 e. The van der Waals surface area contributed by atoms with Crippen LogP contribution in [0.5, 0.6) is 0 Å². The maximum absolute atomic E-state index is 11.4. The van der Waals surface area contributed by atoms with Crippen LogP contribution in [0.15, 0.2) is 0 Å². The van der Waals surface area contributed by atoms with Crippen LogP contribution >= 0.6 is 0 Å². The third-order valence-electron chi connectivity index (χ3n) is 1.71. The summed E-state index contributed by atoms with van der Waals surface area (Å²) in [5.74, 6) is 0. The Kier molecular flexibility index (Phi) is 2.65. The smallest absolute Gasteiger partial charge is 0.311 e. The molecule has 1 aliphatic heterocycles. The van der Waals surface area contributed by atoms with Crippen molar-refractivity contribution in [3.8, 4) is 0 Å². The summed E-state index contributed by atoms with van der Waals surface area (Å²) in [5, 5.41) is 0. The lowest BCUT2D eigenvalue weighted by Crippen LogP contribution is -2.55. The Bertz CT molecular complexity index is 362. The van der Waals surface area contributed by atoms with E-state index >= 15 is 0 Å². The summed E-state index contributed by atoms with van der Waals surface area (Å²) < 4.78 is 26.9. The molecule has 8 heteroatoms. The molecule has 1 fully saturated rings. The summed E-state index contributed by atoms with van der Waals surface area (Å²) in [6.45, 7) is 3.03. The lowest BCUT2D eigenvalue weighted by atomic mass is 10.6. The van der Waals surface area contributed by atoms with Crippen LogP contribution in [0.4, 0.5) is 9.59 Å². The summed E-state index contributed by atoms with van der Waals surface area (Å²) in [6.07, 6.45) is -1.15. The van der Waals surface area contributed by atoms with E-state index in [0.29, 0.717) is 9.21 Å². The van der Waals surface area contributed by atoms with Gasteiger partial charge in [-0.2, -0.15) is 12.7 Å². The number of amides is 3. The molecule has 7 nitrogen and oxygen atoms in total. The first-order valence-electron chi connectivity index (χ1n) is 4.01. The Hall–Kier alpha value is -1.31. The molecule has 1 rings (SSSR count). The molecular formula is C6H10N2O5S. The van der Waals surface area contributed by atoms with Crippen molar-refractivity contribution in [2.45, 2.75) is 13.8 Å². The predicted octanol–water partition coefficient (Wildman–Crippen LogP) is 0.145. The number of carbonyl (C=O) groups excluding carboxylic acids is 2. The zero-order valence-corrected chi connectivity index (χ0v) is 8.57. The Labute approximate surface area is 81.5 Å². The van der Waals surface area contributed by atoms with Crippen molar-refractivity contribution < 1.29 is 22.2 Å². The summed E-state index contributed by atoms with van der Waals surface area (Å²) >= 11 is 0. The molecule has 0 bridgehead atoms. The van der Waals surface area contributed by atoms with E-state index in [9.17, 15) is 18.0 Å². The van der Waals surface area contributed by atoms with Gasteiger partial charge in [-0.05, 0) is 13.8 Å². The second-order valence-electron chi connectivity index (χ2n) is 2.50. The normalized spacial score (nSPS) is 21.0. The number of hydrogen-bond donors (Lipinski definition) is 0. The number of hydrogen-bond acceptors (Lipinski definition) is 5. The van der Waals surface area contributed by atoms with Crippen LogP contribution in [-0.2, 0) is 14.5 Å². The minimum Gasteiger partial charge on any atom is -0.311 e. The molecule has 0 aliphatic carbocycles.